The first-order valence-corrected chi connectivity index (χ1v) is 10.8. The SMILES string of the molecule is COc1ccc(F)cc1C[C@@H]1CCCCCN1c1cc(N2CCOCC2)cc(=O)[nH]1. The zero-order chi connectivity index (χ0) is 20.9. The van der Waals surface area contributed by atoms with Crippen LogP contribution in [-0.4, -0.2) is 51.0 Å². The van der Waals surface area contributed by atoms with E-state index >= 15 is 0 Å². The van der Waals surface area contributed by atoms with Crippen LogP contribution in [0.15, 0.2) is 35.1 Å². The number of aromatic amines is 1. The van der Waals surface area contributed by atoms with E-state index in [1.165, 1.54) is 6.07 Å². The van der Waals surface area contributed by atoms with Crippen LogP contribution in [0, 0.1) is 5.82 Å². The van der Waals surface area contributed by atoms with Crippen molar-refractivity contribution in [3.63, 3.8) is 0 Å². The zero-order valence-corrected chi connectivity index (χ0v) is 17.5. The molecule has 6 nitrogen and oxygen atoms in total. The number of nitrogens with one attached hydrogen (secondary N) is 1. The van der Waals surface area contributed by atoms with E-state index in [4.69, 9.17) is 9.47 Å². The zero-order valence-electron chi connectivity index (χ0n) is 17.5. The number of morpholine rings is 1. The van der Waals surface area contributed by atoms with E-state index in [0.29, 0.717) is 25.4 Å². The molecule has 2 fully saturated rings. The minimum Gasteiger partial charge on any atom is -0.496 e. The van der Waals surface area contributed by atoms with E-state index in [-0.39, 0.29) is 17.4 Å². The highest BCUT2D eigenvalue weighted by Crippen LogP contribution is 2.30. The molecule has 3 heterocycles. The normalized spacial score (nSPS) is 20.1. The number of nitrogens with zero attached hydrogens (tertiary/aromatic N) is 2. The number of rotatable bonds is 5. The summed E-state index contributed by atoms with van der Waals surface area (Å²) >= 11 is 0. The Bertz CT molecular complexity index is 911. The minimum absolute atomic E-state index is 0.0969. The Morgan fingerprint density at radius 3 is 2.77 bits per heavy atom. The molecule has 2 aromatic rings. The lowest BCUT2D eigenvalue weighted by Gasteiger charge is -2.34. The first kappa shape index (κ1) is 20.7. The van der Waals surface area contributed by atoms with Crippen LogP contribution >= 0.6 is 0 Å². The van der Waals surface area contributed by atoms with Crippen molar-refractivity contribution in [3.8, 4) is 5.75 Å². The number of anilines is 2. The Morgan fingerprint density at radius 2 is 1.97 bits per heavy atom. The van der Waals surface area contributed by atoms with Crippen molar-refractivity contribution in [2.24, 2.45) is 0 Å². The van der Waals surface area contributed by atoms with E-state index in [1.54, 1.807) is 25.3 Å². The molecule has 0 amide bonds. The topological polar surface area (TPSA) is 57.8 Å². The number of benzene rings is 1. The molecule has 0 unspecified atom stereocenters. The van der Waals surface area contributed by atoms with Crippen LogP contribution in [0.3, 0.4) is 0 Å². The van der Waals surface area contributed by atoms with E-state index in [1.807, 2.05) is 0 Å². The molecule has 1 aromatic carbocycles. The average Bonchev–Trinajstić information content (AvgIpc) is 2.99. The van der Waals surface area contributed by atoms with Crippen molar-refractivity contribution in [3.05, 3.63) is 52.1 Å². The number of ether oxygens (including phenoxy) is 2. The van der Waals surface area contributed by atoms with Gasteiger partial charge in [0.1, 0.15) is 17.4 Å². The lowest BCUT2D eigenvalue weighted by molar-refractivity contribution is 0.122. The van der Waals surface area contributed by atoms with Crippen LogP contribution in [-0.2, 0) is 11.2 Å². The number of H-pyrrole nitrogens is 1. The van der Waals surface area contributed by atoms with Crippen LogP contribution < -0.4 is 20.1 Å². The first-order chi connectivity index (χ1) is 14.6. The summed E-state index contributed by atoms with van der Waals surface area (Å²) in [5, 5.41) is 0. The van der Waals surface area contributed by atoms with Gasteiger partial charge in [-0.1, -0.05) is 12.8 Å². The van der Waals surface area contributed by atoms with Gasteiger partial charge in [0, 0.05) is 43.5 Å². The molecule has 4 rings (SSSR count). The summed E-state index contributed by atoms with van der Waals surface area (Å²) in [6.07, 6.45) is 5.00. The molecule has 0 radical (unpaired) electrons. The smallest absolute Gasteiger partial charge is 0.251 e. The van der Waals surface area contributed by atoms with Crippen molar-refractivity contribution in [2.45, 2.75) is 38.1 Å². The molecule has 0 saturated carbocycles. The van der Waals surface area contributed by atoms with E-state index in [0.717, 1.165) is 62.4 Å². The van der Waals surface area contributed by atoms with Gasteiger partial charge in [-0.05, 0) is 43.0 Å². The molecule has 0 spiro atoms. The summed E-state index contributed by atoms with van der Waals surface area (Å²) in [7, 11) is 1.62. The number of hydrogen-bond acceptors (Lipinski definition) is 5. The molecule has 30 heavy (non-hydrogen) atoms. The Morgan fingerprint density at radius 1 is 1.13 bits per heavy atom. The van der Waals surface area contributed by atoms with Crippen molar-refractivity contribution in [1.29, 1.82) is 0 Å². The molecule has 1 aromatic heterocycles. The average molecular weight is 416 g/mol. The third kappa shape index (κ3) is 4.78. The molecular formula is C23H30FN3O3. The highest BCUT2D eigenvalue weighted by atomic mass is 19.1. The number of pyridine rings is 1. The van der Waals surface area contributed by atoms with E-state index < -0.39 is 0 Å². The van der Waals surface area contributed by atoms with E-state index in [2.05, 4.69) is 20.9 Å². The van der Waals surface area contributed by atoms with Gasteiger partial charge in [0.05, 0.1) is 20.3 Å². The van der Waals surface area contributed by atoms with Crippen molar-refractivity contribution < 1.29 is 13.9 Å². The molecule has 162 valence electrons. The summed E-state index contributed by atoms with van der Waals surface area (Å²) in [6.45, 7) is 3.78. The first-order valence-electron chi connectivity index (χ1n) is 10.8. The predicted molar refractivity (Wildman–Crippen MR) is 116 cm³/mol. The van der Waals surface area contributed by atoms with Crippen molar-refractivity contribution in [2.75, 3.05) is 49.8 Å². The van der Waals surface area contributed by atoms with Gasteiger partial charge < -0.3 is 24.3 Å². The minimum atomic E-state index is -0.256. The van der Waals surface area contributed by atoms with Gasteiger partial charge in [0.2, 0.25) is 0 Å². The van der Waals surface area contributed by atoms with Crippen LogP contribution in [0.1, 0.15) is 31.2 Å². The van der Waals surface area contributed by atoms with Gasteiger partial charge >= 0.3 is 0 Å². The Balaban J connectivity index is 1.64. The molecule has 2 saturated heterocycles. The summed E-state index contributed by atoms with van der Waals surface area (Å²) in [4.78, 5) is 20.0. The highest BCUT2D eigenvalue weighted by Gasteiger charge is 2.25. The molecule has 0 bridgehead atoms. The second-order valence-electron chi connectivity index (χ2n) is 8.04. The second-order valence-corrected chi connectivity index (χ2v) is 8.04. The summed E-state index contributed by atoms with van der Waals surface area (Å²) < 4.78 is 24.8. The molecule has 7 heteroatoms. The maximum atomic E-state index is 13.9. The predicted octanol–water partition coefficient (Wildman–Crippen LogP) is 3.35. The Kier molecular flexibility index (Phi) is 6.57. The standard InChI is InChI=1S/C23H30FN3O3/c1-29-21-7-6-18(24)13-17(21)14-19-5-3-2-4-8-27(19)22-15-20(16-23(28)25-22)26-9-11-30-12-10-26/h6-7,13,15-16,19H,2-5,8-12,14H2,1H3,(H,25,28)/t19-/m0/s1. The fraction of sp³-hybridized carbons (Fsp3) is 0.522. The lowest BCUT2D eigenvalue weighted by atomic mass is 9.99. The molecule has 0 aliphatic carbocycles. The molecule has 1 atom stereocenters. The van der Waals surface area contributed by atoms with E-state index in [9.17, 15) is 9.18 Å². The van der Waals surface area contributed by atoms with Gasteiger partial charge in [0.25, 0.3) is 5.56 Å². The second kappa shape index (κ2) is 9.51. The maximum absolute atomic E-state index is 13.9. The fourth-order valence-corrected chi connectivity index (χ4v) is 4.54. The Labute approximate surface area is 176 Å². The third-order valence-electron chi connectivity index (χ3n) is 6.08. The van der Waals surface area contributed by atoms with Gasteiger partial charge in [0.15, 0.2) is 0 Å². The van der Waals surface area contributed by atoms with Crippen LogP contribution in [0.2, 0.25) is 0 Å². The monoisotopic (exact) mass is 415 g/mol. The number of hydrogen-bond donors (Lipinski definition) is 1. The third-order valence-corrected chi connectivity index (χ3v) is 6.08. The molecule has 2 aliphatic heterocycles. The molecule has 2 aliphatic rings. The molecular weight excluding hydrogens is 385 g/mol. The van der Waals surface area contributed by atoms with Crippen molar-refractivity contribution >= 4 is 11.5 Å². The summed E-state index contributed by atoms with van der Waals surface area (Å²) in [5.74, 6) is 1.29. The van der Waals surface area contributed by atoms with Gasteiger partial charge in [-0.25, -0.2) is 4.39 Å². The van der Waals surface area contributed by atoms with Gasteiger partial charge in [-0.2, -0.15) is 0 Å². The quantitative estimate of drug-likeness (QED) is 0.812. The van der Waals surface area contributed by atoms with Gasteiger partial charge in [-0.3, -0.25) is 4.79 Å². The maximum Gasteiger partial charge on any atom is 0.251 e. The highest BCUT2D eigenvalue weighted by molar-refractivity contribution is 5.56. The van der Waals surface area contributed by atoms with Crippen LogP contribution in [0.4, 0.5) is 15.9 Å². The van der Waals surface area contributed by atoms with Crippen molar-refractivity contribution in [1.82, 2.24) is 4.98 Å². The number of methoxy groups -OCH3 is 1. The van der Waals surface area contributed by atoms with Crippen LogP contribution in [0.25, 0.3) is 0 Å². The molecule has 1 N–H and O–H groups in total. The van der Waals surface area contributed by atoms with Gasteiger partial charge in [-0.15, -0.1) is 0 Å². The lowest BCUT2D eigenvalue weighted by Crippen LogP contribution is -2.39. The largest absolute Gasteiger partial charge is 0.496 e. The van der Waals surface area contributed by atoms with Crippen LogP contribution in [0.5, 0.6) is 5.75 Å². The summed E-state index contributed by atoms with van der Waals surface area (Å²) in [5.41, 5.74) is 1.70. The summed E-state index contributed by atoms with van der Waals surface area (Å²) in [6, 6.07) is 8.59. The number of aromatic nitrogens is 1. The number of halogens is 1. The fourth-order valence-electron chi connectivity index (χ4n) is 4.54. The Hall–Kier alpha value is -2.54.